The minimum atomic E-state index is 0.841. The molecule has 0 aliphatic heterocycles. The second-order valence-electron chi connectivity index (χ2n) is 5.00. The fourth-order valence-electron chi connectivity index (χ4n) is 2.38. The number of nitrogens with zero attached hydrogens (tertiary/aromatic N) is 1. The summed E-state index contributed by atoms with van der Waals surface area (Å²) in [6, 6.07) is 18.8. The van der Waals surface area contributed by atoms with Crippen molar-refractivity contribution in [2.24, 2.45) is 0 Å². The lowest BCUT2D eigenvalue weighted by Gasteiger charge is -2.01. The Morgan fingerprint density at radius 3 is 2.43 bits per heavy atom. The van der Waals surface area contributed by atoms with Crippen molar-refractivity contribution in [1.29, 1.82) is 0 Å². The van der Waals surface area contributed by atoms with Crippen LogP contribution in [-0.2, 0) is 6.54 Å². The van der Waals surface area contributed by atoms with Crippen LogP contribution in [0.3, 0.4) is 0 Å². The highest BCUT2D eigenvalue weighted by Crippen LogP contribution is 2.34. The third kappa shape index (κ3) is 2.89. The molecule has 1 heterocycles. The molecule has 0 saturated heterocycles. The van der Waals surface area contributed by atoms with E-state index in [2.05, 4.69) is 60.8 Å². The van der Waals surface area contributed by atoms with Crippen molar-refractivity contribution in [2.75, 3.05) is 7.05 Å². The largest absolute Gasteiger partial charge is 0.315 e. The zero-order valence-electron chi connectivity index (χ0n) is 12.3. The summed E-state index contributed by atoms with van der Waals surface area (Å²) >= 11 is 1.77. The fraction of sp³-hybridized carbons (Fsp3) is 0.167. The third-order valence-electron chi connectivity index (χ3n) is 3.46. The highest BCUT2D eigenvalue weighted by Gasteiger charge is 2.14. The van der Waals surface area contributed by atoms with Gasteiger partial charge >= 0.3 is 0 Å². The van der Waals surface area contributed by atoms with Crippen molar-refractivity contribution in [1.82, 2.24) is 10.3 Å². The monoisotopic (exact) mass is 294 g/mol. The van der Waals surface area contributed by atoms with E-state index in [0.29, 0.717) is 0 Å². The van der Waals surface area contributed by atoms with Gasteiger partial charge in [0, 0.05) is 22.5 Å². The van der Waals surface area contributed by atoms with E-state index in [1.807, 2.05) is 13.1 Å². The van der Waals surface area contributed by atoms with E-state index < -0.39 is 0 Å². The summed E-state index contributed by atoms with van der Waals surface area (Å²) in [7, 11) is 1.97. The molecule has 2 aromatic carbocycles. The van der Waals surface area contributed by atoms with E-state index in [-0.39, 0.29) is 0 Å². The van der Waals surface area contributed by atoms with E-state index in [9.17, 15) is 0 Å². The first kappa shape index (κ1) is 14.0. The van der Waals surface area contributed by atoms with Gasteiger partial charge in [-0.15, -0.1) is 11.3 Å². The van der Waals surface area contributed by atoms with Gasteiger partial charge in [-0.3, -0.25) is 0 Å². The van der Waals surface area contributed by atoms with E-state index in [4.69, 9.17) is 4.98 Å². The van der Waals surface area contributed by atoms with Gasteiger partial charge in [-0.25, -0.2) is 4.98 Å². The summed E-state index contributed by atoms with van der Waals surface area (Å²) in [5.41, 5.74) is 4.76. The minimum absolute atomic E-state index is 0.841. The Hall–Kier alpha value is -1.97. The van der Waals surface area contributed by atoms with Crippen LogP contribution in [0, 0.1) is 6.92 Å². The van der Waals surface area contributed by atoms with Crippen LogP contribution in [0.1, 0.15) is 10.4 Å². The Balaban J connectivity index is 2.11. The van der Waals surface area contributed by atoms with Crippen LogP contribution in [0.15, 0.2) is 54.6 Å². The van der Waals surface area contributed by atoms with Crippen molar-refractivity contribution < 1.29 is 0 Å². The predicted octanol–water partition coefficient (Wildman–Crippen LogP) is 4.50. The lowest BCUT2D eigenvalue weighted by Crippen LogP contribution is -2.04. The number of aryl methyl sites for hydroxylation is 1. The molecule has 0 aliphatic rings. The summed E-state index contributed by atoms with van der Waals surface area (Å²) < 4.78 is 0. The Morgan fingerprint density at radius 1 is 1.00 bits per heavy atom. The maximum Gasteiger partial charge on any atom is 0.124 e. The normalized spacial score (nSPS) is 10.8. The van der Waals surface area contributed by atoms with Crippen molar-refractivity contribution in [3.63, 3.8) is 0 Å². The van der Waals surface area contributed by atoms with Crippen LogP contribution in [0.25, 0.3) is 21.8 Å². The van der Waals surface area contributed by atoms with Crippen LogP contribution >= 0.6 is 11.3 Å². The second kappa shape index (κ2) is 6.20. The molecule has 0 atom stereocenters. The summed E-state index contributed by atoms with van der Waals surface area (Å²) in [5.74, 6) is 0. The van der Waals surface area contributed by atoms with Crippen LogP contribution < -0.4 is 5.32 Å². The van der Waals surface area contributed by atoms with Crippen molar-refractivity contribution in [3.05, 3.63) is 65.0 Å². The molecule has 1 aromatic heterocycles. The molecule has 0 saturated carbocycles. The summed E-state index contributed by atoms with van der Waals surface area (Å²) in [6.45, 7) is 2.98. The highest BCUT2D eigenvalue weighted by atomic mass is 32.1. The number of thiazole rings is 1. The molecule has 3 rings (SSSR count). The molecular formula is C18H18N2S. The second-order valence-corrected chi connectivity index (χ2v) is 6.09. The summed E-state index contributed by atoms with van der Waals surface area (Å²) in [6.07, 6.45) is 0. The van der Waals surface area contributed by atoms with E-state index in [1.54, 1.807) is 11.3 Å². The van der Waals surface area contributed by atoms with Gasteiger partial charge in [0.1, 0.15) is 5.01 Å². The molecule has 1 N–H and O–H groups in total. The Kier molecular flexibility index (Phi) is 4.13. The molecule has 0 amide bonds. The first-order valence-electron chi connectivity index (χ1n) is 7.05. The quantitative estimate of drug-likeness (QED) is 0.766. The van der Waals surface area contributed by atoms with Crippen molar-refractivity contribution >= 4 is 11.3 Å². The van der Waals surface area contributed by atoms with Crippen molar-refractivity contribution in [3.8, 4) is 21.8 Å². The standard InChI is InChI=1S/C18H18N2S/c1-13-8-6-7-11-15(13)18-20-17(16(21-18)12-19-2)14-9-4-3-5-10-14/h3-11,19H,12H2,1-2H3. The molecule has 0 bridgehead atoms. The van der Waals surface area contributed by atoms with E-state index in [0.717, 1.165) is 17.2 Å². The molecule has 0 aliphatic carbocycles. The van der Waals surface area contributed by atoms with E-state index >= 15 is 0 Å². The molecule has 0 spiro atoms. The van der Waals surface area contributed by atoms with Crippen LogP contribution in [0.4, 0.5) is 0 Å². The van der Waals surface area contributed by atoms with Gasteiger partial charge in [-0.2, -0.15) is 0 Å². The van der Waals surface area contributed by atoms with Gasteiger partial charge in [-0.1, -0.05) is 54.6 Å². The molecular weight excluding hydrogens is 276 g/mol. The lowest BCUT2D eigenvalue weighted by molar-refractivity contribution is 0.831. The number of nitrogens with one attached hydrogen (secondary N) is 1. The van der Waals surface area contributed by atoms with Crippen LogP contribution in [-0.4, -0.2) is 12.0 Å². The zero-order chi connectivity index (χ0) is 14.7. The lowest BCUT2D eigenvalue weighted by atomic mass is 10.1. The van der Waals surface area contributed by atoms with Gasteiger partial charge in [0.25, 0.3) is 0 Å². The van der Waals surface area contributed by atoms with Gasteiger partial charge in [0.05, 0.1) is 5.69 Å². The SMILES string of the molecule is CNCc1sc(-c2ccccc2C)nc1-c1ccccc1. The maximum atomic E-state index is 4.91. The topological polar surface area (TPSA) is 24.9 Å². The molecule has 0 fully saturated rings. The number of aromatic nitrogens is 1. The Morgan fingerprint density at radius 2 is 1.71 bits per heavy atom. The first-order chi connectivity index (χ1) is 10.3. The maximum absolute atomic E-state index is 4.91. The first-order valence-corrected chi connectivity index (χ1v) is 7.87. The van der Waals surface area contributed by atoms with Gasteiger partial charge in [-0.05, 0) is 19.5 Å². The minimum Gasteiger partial charge on any atom is -0.315 e. The molecule has 2 nitrogen and oxygen atoms in total. The number of hydrogen-bond donors (Lipinski definition) is 1. The predicted molar refractivity (Wildman–Crippen MR) is 90.5 cm³/mol. The smallest absolute Gasteiger partial charge is 0.124 e. The average molecular weight is 294 g/mol. The van der Waals surface area contributed by atoms with Crippen LogP contribution in [0.2, 0.25) is 0 Å². The highest BCUT2D eigenvalue weighted by molar-refractivity contribution is 7.15. The third-order valence-corrected chi connectivity index (χ3v) is 4.55. The summed E-state index contributed by atoms with van der Waals surface area (Å²) in [4.78, 5) is 6.19. The number of benzene rings is 2. The molecule has 106 valence electrons. The summed E-state index contributed by atoms with van der Waals surface area (Å²) in [5, 5.41) is 4.34. The number of hydrogen-bond acceptors (Lipinski definition) is 3. The molecule has 21 heavy (non-hydrogen) atoms. The number of rotatable bonds is 4. The zero-order valence-corrected chi connectivity index (χ0v) is 13.1. The van der Waals surface area contributed by atoms with Crippen LogP contribution in [0.5, 0.6) is 0 Å². The average Bonchev–Trinajstić information content (AvgIpc) is 2.93. The molecule has 0 radical (unpaired) electrons. The molecule has 0 unspecified atom stereocenters. The Bertz CT molecular complexity index is 732. The van der Waals surface area contributed by atoms with E-state index in [1.165, 1.54) is 21.6 Å². The van der Waals surface area contributed by atoms with Gasteiger partial charge < -0.3 is 5.32 Å². The Labute approximate surface area is 129 Å². The van der Waals surface area contributed by atoms with Gasteiger partial charge in [0.15, 0.2) is 0 Å². The van der Waals surface area contributed by atoms with Crippen molar-refractivity contribution in [2.45, 2.75) is 13.5 Å². The van der Waals surface area contributed by atoms with Gasteiger partial charge in [0.2, 0.25) is 0 Å². The molecule has 3 aromatic rings. The fourth-order valence-corrected chi connectivity index (χ4v) is 3.57. The molecule has 3 heteroatoms.